The first-order chi connectivity index (χ1) is 9.93. The third-order valence-corrected chi connectivity index (χ3v) is 3.82. The Kier molecular flexibility index (Phi) is 4.71. The van der Waals surface area contributed by atoms with Crippen molar-refractivity contribution in [1.29, 1.82) is 0 Å². The minimum atomic E-state index is -0.337. The van der Waals surface area contributed by atoms with Crippen molar-refractivity contribution in [3.8, 4) is 5.75 Å². The van der Waals surface area contributed by atoms with Gasteiger partial charge < -0.3 is 9.47 Å². The summed E-state index contributed by atoms with van der Waals surface area (Å²) >= 11 is 0. The zero-order valence-electron chi connectivity index (χ0n) is 13.1. The Morgan fingerprint density at radius 1 is 1.33 bits per heavy atom. The Morgan fingerprint density at radius 3 is 2.57 bits per heavy atom. The van der Waals surface area contributed by atoms with E-state index in [9.17, 15) is 4.79 Å². The number of carbonyl (C=O) groups excluding carboxylic acids is 1. The molecule has 0 saturated heterocycles. The molecule has 21 heavy (non-hydrogen) atoms. The average molecular weight is 288 g/mol. The van der Waals surface area contributed by atoms with Crippen LogP contribution in [0.25, 0.3) is 6.08 Å². The van der Waals surface area contributed by atoms with Crippen LogP contribution < -0.4 is 4.74 Å². The summed E-state index contributed by atoms with van der Waals surface area (Å²) in [6.45, 7) is 9.64. The first-order valence-electron chi connectivity index (χ1n) is 7.60. The van der Waals surface area contributed by atoms with E-state index in [0.29, 0.717) is 11.3 Å². The van der Waals surface area contributed by atoms with Crippen LogP contribution in [-0.4, -0.2) is 17.7 Å². The summed E-state index contributed by atoms with van der Waals surface area (Å²) in [5, 5.41) is 0. The van der Waals surface area contributed by atoms with Gasteiger partial charge in [-0.2, -0.15) is 0 Å². The average Bonchev–Trinajstić information content (AvgIpc) is 2.84. The molecule has 1 fully saturated rings. The summed E-state index contributed by atoms with van der Waals surface area (Å²) in [6.07, 6.45) is 5.82. The van der Waals surface area contributed by atoms with Crippen LogP contribution in [-0.2, 0) is 4.74 Å². The van der Waals surface area contributed by atoms with Gasteiger partial charge >= 0.3 is 5.97 Å². The summed E-state index contributed by atoms with van der Waals surface area (Å²) in [4.78, 5) is 12.5. The van der Waals surface area contributed by atoms with Crippen LogP contribution in [0.3, 0.4) is 0 Å². The third-order valence-electron chi connectivity index (χ3n) is 3.82. The Bertz CT molecular complexity index is 525. The number of hydrogen-bond acceptors (Lipinski definition) is 3. The number of benzene rings is 1. The maximum absolute atomic E-state index is 12.5. The predicted molar refractivity (Wildman–Crippen MR) is 84.6 cm³/mol. The van der Waals surface area contributed by atoms with Crippen molar-refractivity contribution >= 4 is 12.0 Å². The van der Waals surface area contributed by atoms with Crippen molar-refractivity contribution in [2.75, 3.05) is 0 Å². The largest absolute Gasteiger partial charge is 0.490 e. The highest BCUT2D eigenvalue weighted by atomic mass is 16.6. The maximum Gasteiger partial charge on any atom is 0.342 e. The maximum atomic E-state index is 12.5. The van der Waals surface area contributed by atoms with Gasteiger partial charge in [-0.05, 0) is 64.2 Å². The number of esters is 1. The van der Waals surface area contributed by atoms with Gasteiger partial charge in [-0.15, -0.1) is 0 Å². The van der Waals surface area contributed by atoms with Crippen LogP contribution in [0.15, 0.2) is 24.8 Å². The quantitative estimate of drug-likeness (QED) is 0.742. The molecule has 1 aliphatic rings. The van der Waals surface area contributed by atoms with Gasteiger partial charge in [0.05, 0.1) is 6.10 Å². The van der Waals surface area contributed by atoms with Gasteiger partial charge in [-0.25, -0.2) is 4.79 Å². The Hall–Kier alpha value is -1.77. The molecule has 0 amide bonds. The van der Waals surface area contributed by atoms with Gasteiger partial charge in [0.25, 0.3) is 0 Å². The molecule has 0 radical (unpaired) electrons. The monoisotopic (exact) mass is 288 g/mol. The molecule has 0 aliphatic heterocycles. The highest BCUT2D eigenvalue weighted by Gasteiger charge is 2.33. The molecule has 1 aliphatic carbocycles. The molecule has 114 valence electrons. The molecule has 3 nitrogen and oxygen atoms in total. The molecule has 0 bridgehead atoms. The van der Waals surface area contributed by atoms with Crippen LogP contribution in [0.2, 0.25) is 0 Å². The van der Waals surface area contributed by atoms with Gasteiger partial charge in [-0.3, -0.25) is 0 Å². The molecule has 2 rings (SSSR count). The first kappa shape index (κ1) is 15.6. The summed E-state index contributed by atoms with van der Waals surface area (Å²) in [7, 11) is 0. The molecule has 0 spiro atoms. The Balaban J connectivity index is 2.26. The normalized spacial score (nSPS) is 16.8. The summed E-state index contributed by atoms with van der Waals surface area (Å²) in [5.74, 6) is 0.265. The van der Waals surface area contributed by atoms with E-state index in [0.717, 1.165) is 31.2 Å². The summed E-state index contributed by atoms with van der Waals surface area (Å²) in [5.41, 5.74) is 1.03. The van der Waals surface area contributed by atoms with Crippen molar-refractivity contribution < 1.29 is 14.3 Å². The minimum Gasteiger partial charge on any atom is -0.490 e. The smallest absolute Gasteiger partial charge is 0.342 e. The second-order valence-electron chi connectivity index (χ2n) is 6.17. The predicted octanol–water partition coefficient (Wildman–Crippen LogP) is 4.61. The fourth-order valence-electron chi connectivity index (χ4n) is 2.69. The van der Waals surface area contributed by atoms with Crippen molar-refractivity contribution in [2.24, 2.45) is 0 Å². The summed E-state index contributed by atoms with van der Waals surface area (Å²) < 4.78 is 11.5. The van der Waals surface area contributed by atoms with E-state index in [1.807, 2.05) is 32.9 Å². The van der Waals surface area contributed by atoms with E-state index in [1.165, 1.54) is 0 Å². The van der Waals surface area contributed by atoms with Crippen LogP contribution >= 0.6 is 0 Å². The van der Waals surface area contributed by atoms with Gasteiger partial charge in [0.15, 0.2) is 0 Å². The fraction of sp³-hybridized carbons (Fsp3) is 0.500. The SMILES string of the molecule is C=Cc1ccc(OC(C)C)c(C(=O)OC2(C)CCCC2)c1. The molecule has 3 heteroatoms. The van der Waals surface area contributed by atoms with Gasteiger partial charge in [0.1, 0.15) is 16.9 Å². The second kappa shape index (κ2) is 6.33. The van der Waals surface area contributed by atoms with Crippen molar-refractivity contribution in [3.05, 3.63) is 35.9 Å². The molecule has 0 unspecified atom stereocenters. The van der Waals surface area contributed by atoms with Crippen LogP contribution in [0.1, 0.15) is 62.4 Å². The van der Waals surface area contributed by atoms with E-state index in [2.05, 4.69) is 6.58 Å². The van der Waals surface area contributed by atoms with Crippen LogP contribution in [0, 0.1) is 0 Å². The van der Waals surface area contributed by atoms with Crippen molar-refractivity contribution in [1.82, 2.24) is 0 Å². The van der Waals surface area contributed by atoms with E-state index in [4.69, 9.17) is 9.47 Å². The number of hydrogen-bond donors (Lipinski definition) is 0. The van der Waals surface area contributed by atoms with Gasteiger partial charge in [0.2, 0.25) is 0 Å². The van der Waals surface area contributed by atoms with E-state index >= 15 is 0 Å². The molecular weight excluding hydrogens is 264 g/mol. The van der Waals surface area contributed by atoms with Crippen LogP contribution in [0.4, 0.5) is 0 Å². The molecule has 0 atom stereocenters. The third kappa shape index (κ3) is 3.87. The van der Waals surface area contributed by atoms with Gasteiger partial charge in [0, 0.05) is 0 Å². The van der Waals surface area contributed by atoms with Crippen molar-refractivity contribution in [2.45, 2.75) is 58.2 Å². The Morgan fingerprint density at radius 2 is 2.00 bits per heavy atom. The van der Waals surface area contributed by atoms with Crippen LogP contribution in [0.5, 0.6) is 5.75 Å². The zero-order chi connectivity index (χ0) is 15.5. The van der Waals surface area contributed by atoms with E-state index < -0.39 is 0 Å². The molecular formula is C18H24O3. The van der Waals surface area contributed by atoms with Crippen molar-refractivity contribution in [3.63, 3.8) is 0 Å². The lowest BCUT2D eigenvalue weighted by Crippen LogP contribution is -2.28. The highest BCUT2D eigenvalue weighted by molar-refractivity contribution is 5.93. The number of carbonyl (C=O) groups is 1. The molecule has 0 N–H and O–H groups in total. The fourth-order valence-corrected chi connectivity index (χ4v) is 2.69. The minimum absolute atomic E-state index is 0.00759. The standard InChI is InChI=1S/C18H24O3/c1-5-14-8-9-16(20-13(2)3)15(12-14)17(19)21-18(4)10-6-7-11-18/h5,8-9,12-13H,1,6-7,10-11H2,2-4H3. The van der Waals surface area contributed by atoms with E-state index in [1.54, 1.807) is 12.1 Å². The molecule has 0 heterocycles. The molecule has 1 aromatic rings. The molecule has 1 aromatic carbocycles. The zero-order valence-corrected chi connectivity index (χ0v) is 13.1. The lowest BCUT2D eigenvalue weighted by molar-refractivity contribution is -0.00650. The number of ether oxygens (including phenoxy) is 2. The first-order valence-corrected chi connectivity index (χ1v) is 7.60. The molecule has 1 saturated carbocycles. The topological polar surface area (TPSA) is 35.5 Å². The lowest BCUT2D eigenvalue weighted by Gasteiger charge is -2.25. The highest BCUT2D eigenvalue weighted by Crippen LogP contribution is 2.34. The lowest BCUT2D eigenvalue weighted by atomic mass is 10.0. The molecule has 0 aromatic heterocycles. The number of rotatable bonds is 5. The second-order valence-corrected chi connectivity index (χ2v) is 6.17. The van der Waals surface area contributed by atoms with Gasteiger partial charge in [-0.1, -0.05) is 18.7 Å². The summed E-state index contributed by atoms with van der Waals surface area (Å²) in [6, 6.07) is 5.48. The Labute approximate surface area is 127 Å². The van der Waals surface area contributed by atoms with E-state index in [-0.39, 0.29) is 17.7 Å².